The van der Waals surface area contributed by atoms with Crippen molar-refractivity contribution in [1.82, 2.24) is 9.97 Å². The first-order valence-corrected chi connectivity index (χ1v) is 10.6. The van der Waals surface area contributed by atoms with E-state index in [4.69, 9.17) is 5.11 Å². The number of hydrogen-bond acceptors (Lipinski definition) is 4. The van der Waals surface area contributed by atoms with Crippen molar-refractivity contribution >= 4 is 21.7 Å². The molecule has 1 N–H and O–H groups in total. The van der Waals surface area contributed by atoms with Gasteiger partial charge in [0.1, 0.15) is 0 Å². The summed E-state index contributed by atoms with van der Waals surface area (Å²) in [6.45, 7) is 2.85. The molecule has 0 atom stereocenters. The first-order chi connectivity index (χ1) is 15.5. The number of ketones is 1. The average Bonchev–Trinajstić information content (AvgIpc) is 2.81. The standard InChI is InChI=1S/C11H7BrN.C11H8N.C5H8O2.Ir/c12-10-6-2-1-5-9(10)11-7-3-4-8-13-11;1-2-6-10(7-3-1)11-8-4-5-9-12-11;1-4(6)3-5(2)7;/h1-4,6-8H;1-6,8-9H;3,6H,1-2H3;/q2*-1;;/b;;4-3-;. The van der Waals surface area contributed by atoms with Crippen LogP contribution in [-0.4, -0.2) is 20.9 Å². The molecule has 2 aromatic heterocycles. The fourth-order valence-corrected chi connectivity index (χ4v) is 2.96. The van der Waals surface area contributed by atoms with E-state index in [-0.39, 0.29) is 31.6 Å². The van der Waals surface area contributed by atoms with Gasteiger partial charge in [0.2, 0.25) is 0 Å². The summed E-state index contributed by atoms with van der Waals surface area (Å²) in [5, 5.41) is 8.36. The van der Waals surface area contributed by atoms with Crippen LogP contribution in [0.4, 0.5) is 0 Å². The van der Waals surface area contributed by atoms with E-state index in [1.807, 2.05) is 78.9 Å². The van der Waals surface area contributed by atoms with Gasteiger partial charge in [-0.1, -0.05) is 28.7 Å². The van der Waals surface area contributed by atoms with Gasteiger partial charge in [0.05, 0.1) is 5.76 Å². The van der Waals surface area contributed by atoms with Gasteiger partial charge in [0.25, 0.3) is 0 Å². The number of hydrogen-bond donors (Lipinski definition) is 1. The number of aromatic nitrogens is 2. The molecule has 171 valence electrons. The molecule has 0 aliphatic carbocycles. The van der Waals surface area contributed by atoms with Crippen LogP contribution in [0.1, 0.15) is 13.8 Å². The molecule has 0 spiro atoms. The van der Waals surface area contributed by atoms with Gasteiger partial charge in [-0.25, -0.2) is 0 Å². The zero-order chi connectivity index (χ0) is 23.2. The Labute approximate surface area is 216 Å². The van der Waals surface area contributed by atoms with Gasteiger partial charge in [0, 0.05) is 38.6 Å². The SMILES string of the molecule is Brc1ccc[c-]c1-c1ccccn1.CC(=O)/C=C(/C)O.[Ir].[c-]1ccccc1-c1ccccn1. The van der Waals surface area contributed by atoms with Gasteiger partial charge in [-0.15, -0.1) is 81.7 Å². The zero-order valence-electron chi connectivity index (χ0n) is 18.2. The Morgan fingerprint density at radius 2 is 1.45 bits per heavy atom. The van der Waals surface area contributed by atoms with Gasteiger partial charge in [-0.2, -0.15) is 0 Å². The van der Waals surface area contributed by atoms with E-state index in [0.29, 0.717) is 0 Å². The minimum absolute atomic E-state index is 0. The third kappa shape index (κ3) is 11.0. The molecule has 4 nitrogen and oxygen atoms in total. The largest absolute Gasteiger partial charge is 0.512 e. The van der Waals surface area contributed by atoms with E-state index in [2.05, 4.69) is 38.0 Å². The molecular weight excluding hydrogens is 656 g/mol. The first kappa shape index (κ1) is 28.1. The number of aliphatic hydroxyl groups is 1. The van der Waals surface area contributed by atoms with E-state index < -0.39 is 0 Å². The zero-order valence-corrected chi connectivity index (χ0v) is 22.2. The molecule has 4 rings (SSSR count). The monoisotopic (exact) mass is 679 g/mol. The number of rotatable bonds is 3. The Morgan fingerprint density at radius 3 is 1.91 bits per heavy atom. The smallest absolute Gasteiger partial charge is 0.155 e. The number of allylic oxidation sites excluding steroid dienone is 2. The normalized spacial score (nSPS) is 9.85. The van der Waals surface area contributed by atoms with Crippen LogP contribution in [0.15, 0.2) is 108 Å². The molecule has 33 heavy (non-hydrogen) atoms. The summed E-state index contributed by atoms with van der Waals surface area (Å²) in [5.74, 6) is -0.0625. The number of nitrogens with zero attached hydrogens (tertiary/aromatic N) is 2. The summed E-state index contributed by atoms with van der Waals surface area (Å²) in [6, 6.07) is 31.6. The van der Waals surface area contributed by atoms with Crippen LogP contribution in [0, 0.1) is 12.1 Å². The molecule has 0 bridgehead atoms. The molecule has 2 heterocycles. The van der Waals surface area contributed by atoms with Crippen molar-refractivity contribution in [2.24, 2.45) is 0 Å². The van der Waals surface area contributed by atoms with E-state index in [0.717, 1.165) is 27.0 Å². The van der Waals surface area contributed by atoms with Crippen molar-refractivity contribution < 1.29 is 30.0 Å². The van der Waals surface area contributed by atoms with Crippen LogP contribution in [0.25, 0.3) is 22.5 Å². The number of carbonyl (C=O) groups excluding carboxylic acids is 1. The Morgan fingerprint density at radius 1 is 0.848 bits per heavy atom. The molecule has 0 unspecified atom stereocenters. The maximum absolute atomic E-state index is 10.0. The molecule has 6 heteroatoms. The van der Waals surface area contributed by atoms with Crippen LogP contribution in [0.2, 0.25) is 0 Å². The Kier molecular flexibility index (Phi) is 13.5. The predicted molar refractivity (Wildman–Crippen MR) is 132 cm³/mol. The van der Waals surface area contributed by atoms with Crippen molar-refractivity contribution in [1.29, 1.82) is 0 Å². The summed E-state index contributed by atoms with van der Waals surface area (Å²) in [4.78, 5) is 18.5. The summed E-state index contributed by atoms with van der Waals surface area (Å²) in [5.41, 5.74) is 3.95. The maximum Gasteiger partial charge on any atom is 0.155 e. The van der Waals surface area contributed by atoms with Crippen molar-refractivity contribution in [3.63, 3.8) is 0 Å². The number of carbonyl (C=O) groups is 1. The van der Waals surface area contributed by atoms with Crippen LogP contribution >= 0.6 is 15.9 Å². The average molecular weight is 680 g/mol. The Bertz CT molecular complexity index is 1080. The fraction of sp³-hybridized carbons (Fsp3) is 0.0741. The summed E-state index contributed by atoms with van der Waals surface area (Å²) < 4.78 is 1.02. The number of aliphatic hydroxyl groups excluding tert-OH is 1. The van der Waals surface area contributed by atoms with Crippen LogP contribution in [-0.2, 0) is 24.9 Å². The molecular formula is C27H23BrIrN2O2-2. The summed E-state index contributed by atoms with van der Waals surface area (Å²) in [7, 11) is 0. The van der Waals surface area contributed by atoms with Crippen molar-refractivity contribution in [2.45, 2.75) is 13.8 Å². The molecule has 2 aromatic carbocycles. The van der Waals surface area contributed by atoms with Crippen LogP contribution in [0.3, 0.4) is 0 Å². The minimum Gasteiger partial charge on any atom is -0.512 e. The first-order valence-electron chi connectivity index (χ1n) is 9.81. The molecule has 0 saturated carbocycles. The number of benzene rings is 2. The topological polar surface area (TPSA) is 63.1 Å². The molecule has 0 saturated heterocycles. The van der Waals surface area contributed by atoms with Crippen LogP contribution in [0.5, 0.6) is 0 Å². The maximum atomic E-state index is 10.0. The molecule has 1 radical (unpaired) electrons. The van der Waals surface area contributed by atoms with Crippen molar-refractivity contribution in [3.8, 4) is 22.5 Å². The number of pyridine rings is 2. The van der Waals surface area contributed by atoms with Crippen LogP contribution < -0.4 is 0 Å². The van der Waals surface area contributed by atoms with Crippen molar-refractivity contribution in [2.75, 3.05) is 0 Å². The Balaban J connectivity index is 0.000000256. The number of halogens is 1. The van der Waals surface area contributed by atoms with Gasteiger partial charge in [-0.3, -0.25) is 4.79 Å². The summed E-state index contributed by atoms with van der Waals surface area (Å²) >= 11 is 3.46. The summed E-state index contributed by atoms with van der Waals surface area (Å²) in [6.07, 6.45) is 4.73. The Hall–Kier alpha value is -2.92. The van der Waals surface area contributed by atoms with Crippen molar-refractivity contribution in [3.05, 3.63) is 120 Å². The predicted octanol–water partition coefficient (Wildman–Crippen LogP) is 6.89. The molecule has 0 aliphatic rings. The van der Waals surface area contributed by atoms with Gasteiger partial charge in [0.15, 0.2) is 5.78 Å². The molecule has 0 fully saturated rings. The molecule has 4 aromatic rings. The van der Waals surface area contributed by atoms with E-state index in [1.54, 1.807) is 12.4 Å². The second-order valence-electron chi connectivity index (χ2n) is 6.50. The third-order valence-corrected chi connectivity index (χ3v) is 4.45. The third-order valence-electron chi connectivity index (χ3n) is 3.79. The quantitative estimate of drug-likeness (QED) is 0.146. The van der Waals surface area contributed by atoms with Gasteiger partial charge >= 0.3 is 0 Å². The second kappa shape index (κ2) is 15.8. The minimum atomic E-state index is -0.125. The van der Waals surface area contributed by atoms with Gasteiger partial charge < -0.3 is 15.1 Å². The second-order valence-corrected chi connectivity index (χ2v) is 7.35. The molecule has 0 amide bonds. The van der Waals surface area contributed by atoms with E-state index in [9.17, 15) is 4.79 Å². The fourth-order valence-electron chi connectivity index (χ4n) is 2.49. The molecule has 0 aliphatic heterocycles. The van der Waals surface area contributed by atoms with E-state index in [1.165, 1.54) is 19.9 Å². The van der Waals surface area contributed by atoms with Gasteiger partial charge in [-0.05, 0) is 37.4 Å². The van der Waals surface area contributed by atoms with E-state index >= 15 is 0 Å².